The van der Waals surface area contributed by atoms with Crippen LogP contribution in [0.15, 0.2) is 54.6 Å². The number of fused-ring (bicyclic) bond motifs is 1. The Labute approximate surface area is 203 Å². The number of β-lactam (4-membered cyclic amide) rings is 1. The molecular formula is C25H28N6O2S. The van der Waals surface area contributed by atoms with E-state index in [0.29, 0.717) is 12.4 Å². The number of benzene rings is 2. The number of thioether (sulfide) groups is 1. The van der Waals surface area contributed by atoms with Gasteiger partial charge in [-0.3, -0.25) is 9.59 Å². The normalized spacial score (nSPS) is 23.0. The second-order valence-corrected chi connectivity index (χ2v) is 11.4. The minimum absolute atomic E-state index is 0.0798. The summed E-state index contributed by atoms with van der Waals surface area (Å²) in [5.41, 5.74) is 3.40. The first kappa shape index (κ1) is 22.6. The molecular weight excluding hydrogens is 448 g/mol. The van der Waals surface area contributed by atoms with Crippen LogP contribution in [-0.4, -0.2) is 53.1 Å². The van der Waals surface area contributed by atoms with Gasteiger partial charge in [0.15, 0.2) is 5.82 Å². The van der Waals surface area contributed by atoms with Gasteiger partial charge in [-0.15, -0.1) is 16.9 Å². The van der Waals surface area contributed by atoms with E-state index in [9.17, 15) is 9.59 Å². The van der Waals surface area contributed by atoms with Crippen molar-refractivity contribution in [3.8, 4) is 11.1 Å². The molecule has 1 aromatic heterocycles. The number of amides is 2. The standard InChI is InChI=1S/C25H28N6O2S/c1-15(2)22(32)26-19-23(33)31-20(25(3,4)34-24(19)31)21-27-28-29-30(21)14-16-10-12-18(13-11-16)17-8-6-5-7-9-17/h5-13,15,19-20,24H,14H2,1-4H3,(H,26,32). The quantitative estimate of drug-likeness (QED) is 0.549. The Morgan fingerprint density at radius 2 is 1.76 bits per heavy atom. The molecule has 8 nitrogen and oxygen atoms in total. The molecule has 0 spiro atoms. The van der Waals surface area contributed by atoms with Crippen molar-refractivity contribution in [1.29, 1.82) is 0 Å². The summed E-state index contributed by atoms with van der Waals surface area (Å²) < 4.78 is 1.47. The lowest BCUT2D eigenvalue weighted by Gasteiger charge is -2.44. The van der Waals surface area contributed by atoms with Crippen molar-refractivity contribution in [2.24, 2.45) is 5.92 Å². The molecule has 1 N–H and O–H groups in total. The average molecular weight is 477 g/mol. The Kier molecular flexibility index (Phi) is 5.67. The molecule has 2 aliphatic rings. The lowest BCUT2D eigenvalue weighted by atomic mass is 9.95. The maximum atomic E-state index is 13.1. The van der Waals surface area contributed by atoms with E-state index in [1.54, 1.807) is 16.4 Å². The van der Waals surface area contributed by atoms with Crippen molar-refractivity contribution in [3.05, 3.63) is 66.0 Å². The van der Waals surface area contributed by atoms with Gasteiger partial charge in [0.05, 0.1) is 6.54 Å². The van der Waals surface area contributed by atoms with Gasteiger partial charge in [-0.2, -0.15) is 0 Å². The van der Waals surface area contributed by atoms with E-state index >= 15 is 0 Å². The summed E-state index contributed by atoms with van der Waals surface area (Å²) in [6, 6.07) is 17.8. The minimum atomic E-state index is -0.501. The van der Waals surface area contributed by atoms with Crippen molar-refractivity contribution in [2.45, 2.75) is 56.4 Å². The maximum Gasteiger partial charge on any atom is 0.249 e. The molecule has 0 bridgehead atoms. The highest BCUT2D eigenvalue weighted by Gasteiger charge is 2.63. The van der Waals surface area contributed by atoms with Crippen molar-refractivity contribution in [3.63, 3.8) is 0 Å². The Balaban J connectivity index is 1.36. The first-order valence-corrected chi connectivity index (χ1v) is 12.3. The third-order valence-electron chi connectivity index (χ3n) is 6.46. The van der Waals surface area contributed by atoms with E-state index in [1.807, 2.05) is 36.9 Å². The Morgan fingerprint density at radius 1 is 1.09 bits per heavy atom. The fourth-order valence-corrected chi connectivity index (χ4v) is 6.24. The zero-order valence-corrected chi connectivity index (χ0v) is 20.5. The molecule has 5 rings (SSSR count). The number of carbonyl (C=O) groups excluding carboxylic acids is 2. The molecule has 2 saturated heterocycles. The lowest BCUT2D eigenvalue weighted by molar-refractivity contribution is -0.152. The van der Waals surface area contributed by atoms with Gasteiger partial charge in [0.25, 0.3) is 0 Å². The molecule has 2 aliphatic heterocycles. The minimum Gasteiger partial charge on any atom is -0.342 e. The number of rotatable bonds is 6. The molecule has 3 aromatic rings. The van der Waals surface area contributed by atoms with Crippen LogP contribution < -0.4 is 5.32 Å². The predicted molar refractivity (Wildman–Crippen MR) is 131 cm³/mol. The fraction of sp³-hybridized carbons (Fsp3) is 0.400. The summed E-state index contributed by atoms with van der Waals surface area (Å²) in [7, 11) is 0. The Hall–Kier alpha value is -3.20. The number of tetrazole rings is 1. The van der Waals surface area contributed by atoms with Crippen LogP contribution >= 0.6 is 11.8 Å². The van der Waals surface area contributed by atoms with Crippen molar-refractivity contribution in [1.82, 2.24) is 30.4 Å². The molecule has 3 heterocycles. The van der Waals surface area contributed by atoms with E-state index < -0.39 is 6.04 Å². The predicted octanol–water partition coefficient (Wildman–Crippen LogP) is 3.26. The van der Waals surface area contributed by atoms with E-state index in [4.69, 9.17) is 0 Å². The van der Waals surface area contributed by atoms with Gasteiger partial charge in [-0.25, -0.2) is 4.68 Å². The first-order valence-electron chi connectivity index (χ1n) is 11.5. The molecule has 34 heavy (non-hydrogen) atoms. The largest absolute Gasteiger partial charge is 0.342 e. The Morgan fingerprint density at radius 3 is 2.44 bits per heavy atom. The fourth-order valence-electron chi connectivity index (χ4n) is 4.61. The summed E-state index contributed by atoms with van der Waals surface area (Å²) in [5, 5.41) is 15.3. The summed E-state index contributed by atoms with van der Waals surface area (Å²) in [6.45, 7) is 8.36. The smallest absolute Gasteiger partial charge is 0.249 e. The monoisotopic (exact) mass is 476 g/mol. The Bertz CT molecular complexity index is 1210. The molecule has 3 unspecified atom stereocenters. The van der Waals surface area contributed by atoms with Crippen molar-refractivity contribution >= 4 is 23.6 Å². The van der Waals surface area contributed by atoms with Gasteiger partial charge < -0.3 is 10.2 Å². The van der Waals surface area contributed by atoms with Crippen LogP contribution in [-0.2, 0) is 16.1 Å². The van der Waals surface area contributed by atoms with Crippen LogP contribution in [0.2, 0.25) is 0 Å². The topological polar surface area (TPSA) is 93.0 Å². The van der Waals surface area contributed by atoms with Gasteiger partial charge in [-0.1, -0.05) is 68.4 Å². The summed E-state index contributed by atoms with van der Waals surface area (Å²) in [5.74, 6) is 0.305. The molecule has 176 valence electrons. The highest BCUT2D eigenvalue weighted by Crippen LogP contribution is 2.56. The molecule has 0 radical (unpaired) electrons. The second kappa shape index (κ2) is 8.54. The number of hydrogen-bond donors (Lipinski definition) is 1. The van der Waals surface area contributed by atoms with E-state index in [1.165, 1.54) is 5.56 Å². The third-order valence-corrected chi connectivity index (χ3v) is 8.03. The van der Waals surface area contributed by atoms with Crippen LogP contribution in [0.3, 0.4) is 0 Å². The SMILES string of the molecule is CC(C)C(=O)NC1C(=O)N2C1SC(C)(C)C2c1nnnn1Cc1ccc(-c2ccccc2)cc1. The summed E-state index contributed by atoms with van der Waals surface area (Å²) in [6.07, 6.45) is 0. The van der Waals surface area contributed by atoms with Gasteiger partial charge in [-0.05, 0) is 41.0 Å². The number of carbonyl (C=O) groups is 2. The molecule has 9 heteroatoms. The van der Waals surface area contributed by atoms with E-state index in [0.717, 1.165) is 11.1 Å². The van der Waals surface area contributed by atoms with E-state index in [2.05, 4.69) is 71.1 Å². The van der Waals surface area contributed by atoms with Crippen LogP contribution in [0, 0.1) is 5.92 Å². The average Bonchev–Trinajstić information content (AvgIpc) is 3.37. The molecule has 2 amide bonds. The summed E-state index contributed by atoms with van der Waals surface area (Å²) in [4.78, 5) is 27.1. The first-order chi connectivity index (χ1) is 16.3. The molecule has 0 saturated carbocycles. The highest BCUT2D eigenvalue weighted by atomic mass is 32.2. The highest BCUT2D eigenvalue weighted by molar-refractivity contribution is 8.01. The van der Waals surface area contributed by atoms with E-state index in [-0.39, 0.29) is 33.9 Å². The van der Waals surface area contributed by atoms with Crippen LogP contribution in [0.5, 0.6) is 0 Å². The van der Waals surface area contributed by atoms with Gasteiger partial charge in [0, 0.05) is 10.7 Å². The molecule has 2 aromatic carbocycles. The molecule has 2 fully saturated rings. The van der Waals surface area contributed by atoms with Crippen molar-refractivity contribution in [2.75, 3.05) is 0 Å². The van der Waals surface area contributed by atoms with Gasteiger partial charge in [0.1, 0.15) is 17.5 Å². The summed E-state index contributed by atoms with van der Waals surface area (Å²) >= 11 is 1.69. The van der Waals surface area contributed by atoms with Gasteiger partial charge >= 0.3 is 0 Å². The molecule has 0 aliphatic carbocycles. The lowest BCUT2D eigenvalue weighted by Crippen LogP contribution is -2.68. The number of aromatic nitrogens is 4. The van der Waals surface area contributed by atoms with Crippen molar-refractivity contribution < 1.29 is 9.59 Å². The van der Waals surface area contributed by atoms with Crippen LogP contribution in [0.4, 0.5) is 0 Å². The van der Waals surface area contributed by atoms with Crippen LogP contribution in [0.25, 0.3) is 11.1 Å². The zero-order valence-electron chi connectivity index (χ0n) is 19.7. The third kappa shape index (κ3) is 3.87. The number of nitrogens with one attached hydrogen (secondary N) is 1. The second-order valence-electron chi connectivity index (χ2n) is 9.66. The number of hydrogen-bond acceptors (Lipinski definition) is 6. The van der Waals surface area contributed by atoms with Gasteiger partial charge in [0.2, 0.25) is 11.8 Å². The molecule has 3 atom stereocenters. The van der Waals surface area contributed by atoms with Crippen LogP contribution in [0.1, 0.15) is 45.1 Å². The number of nitrogens with zero attached hydrogens (tertiary/aromatic N) is 5. The maximum absolute atomic E-state index is 13.1. The zero-order chi connectivity index (χ0) is 24.0.